The lowest BCUT2D eigenvalue weighted by atomic mass is 10.0. The number of hydrogen-bond acceptors (Lipinski definition) is 6. The van der Waals surface area contributed by atoms with Crippen molar-refractivity contribution < 1.29 is 14.7 Å². The summed E-state index contributed by atoms with van der Waals surface area (Å²) in [6, 6.07) is 5.41. The molecular weight excluding hydrogens is 407 g/mol. The lowest BCUT2D eigenvalue weighted by Gasteiger charge is -2.19. The molecule has 5 nitrogen and oxygen atoms in total. The maximum absolute atomic E-state index is 11.4. The van der Waals surface area contributed by atoms with E-state index in [9.17, 15) is 14.7 Å². The molecule has 0 saturated heterocycles. The molecule has 0 saturated carbocycles. The monoisotopic (exact) mass is 428 g/mol. The molecule has 0 atom stereocenters. The Labute approximate surface area is 172 Å². The van der Waals surface area contributed by atoms with E-state index in [4.69, 9.17) is 28.2 Å². The molecule has 1 N–H and O–H groups in total. The second-order valence-corrected chi connectivity index (χ2v) is 8.42. The lowest BCUT2D eigenvalue weighted by molar-refractivity contribution is -0.129. The summed E-state index contributed by atoms with van der Waals surface area (Å²) in [6.07, 6.45) is 1.25. The van der Waals surface area contributed by atoms with Crippen LogP contribution in [0.25, 0.3) is 11.3 Å². The second kappa shape index (κ2) is 10.2. The molecule has 1 aromatic carbocycles. The number of aromatic nitrogens is 1. The summed E-state index contributed by atoms with van der Waals surface area (Å²) in [5.41, 5.74) is 1.70. The topological polar surface area (TPSA) is 70.5 Å². The van der Waals surface area contributed by atoms with Gasteiger partial charge >= 0.3 is 0 Å². The van der Waals surface area contributed by atoms with Gasteiger partial charge in [0.05, 0.1) is 22.3 Å². The maximum atomic E-state index is 11.4. The first kappa shape index (κ1) is 21.8. The minimum atomic E-state index is -0.471. The van der Waals surface area contributed by atoms with E-state index in [1.807, 2.05) is 11.0 Å². The first-order valence-electron chi connectivity index (χ1n) is 8.64. The van der Waals surface area contributed by atoms with Crippen LogP contribution in [0.2, 0.25) is 10.0 Å². The van der Waals surface area contributed by atoms with Crippen LogP contribution in [0.4, 0.5) is 5.13 Å². The molecule has 1 heterocycles. The Balaban J connectivity index is 2.40. The fourth-order valence-electron chi connectivity index (χ4n) is 2.58. The van der Waals surface area contributed by atoms with Gasteiger partial charge in [0.1, 0.15) is 0 Å². The number of anilines is 1. The number of aliphatic hydroxyl groups excluding tert-OH is 1. The largest absolute Gasteiger partial charge is 0.395 e. The number of Topliss-reactive ketones (excluding diaryl/α,β-unsaturated/α-hetero) is 1. The number of carbonyl (C=O) groups excluding carboxylic acids is 2. The van der Waals surface area contributed by atoms with Crippen molar-refractivity contribution >= 4 is 51.7 Å². The van der Waals surface area contributed by atoms with E-state index in [1.54, 1.807) is 12.1 Å². The molecule has 0 aliphatic heterocycles. The summed E-state index contributed by atoms with van der Waals surface area (Å²) in [7, 11) is 0. The van der Waals surface area contributed by atoms with E-state index in [-0.39, 0.29) is 13.0 Å². The van der Waals surface area contributed by atoms with E-state index in [1.165, 1.54) is 11.3 Å². The molecule has 0 spiro atoms. The fraction of sp³-hybridized carbons (Fsp3) is 0.421. The Bertz CT molecular complexity index is 808. The first-order valence-corrected chi connectivity index (χ1v) is 10.2. The van der Waals surface area contributed by atoms with Gasteiger partial charge in [-0.15, -0.1) is 11.3 Å². The van der Waals surface area contributed by atoms with E-state index >= 15 is 0 Å². The van der Waals surface area contributed by atoms with Crippen LogP contribution in [-0.4, -0.2) is 41.9 Å². The van der Waals surface area contributed by atoms with E-state index < -0.39 is 5.78 Å². The molecule has 1 aromatic heterocycles. The molecule has 0 radical (unpaired) electrons. The highest BCUT2D eigenvalue weighted by atomic mass is 35.5. The maximum Gasteiger partial charge on any atom is 0.196 e. The lowest BCUT2D eigenvalue weighted by Crippen LogP contribution is -2.29. The van der Waals surface area contributed by atoms with Crippen LogP contribution in [0, 0.1) is 5.92 Å². The van der Waals surface area contributed by atoms with Gasteiger partial charge in [0.25, 0.3) is 0 Å². The predicted octanol–water partition coefficient (Wildman–Crippen LogP) is 4.27. The number of carbonyl (C=O) groups is 2. The van der Waals surface area contributed by atoms with E-state index in [0.717, 1.165) is 22.6 Å². The zero-order valence-corrected chi connectivity index (χ0v) is 17.6. The molecule has 0 fully saturated rings. The number of aldehydes is 1. The van der Waals surface area contributed by atoms with Gasteiger partial charge in [-0.25, -0.2) is 4.98 Å². The number of ketones is 1. The average Bonchev–Trinajstić information content (AvgIpc) is 3.03. The van der Waals surface area contributed by atoms with Crippen molar-refractivity contribution in [2.45, 2.75) is 26.7 Å². The summed E-state index contributed by atoms with van der Waals surface area (Å²) in [5.74, 6) is -0.0376. The van der Waals surface area contributed by atoms with Gasteiger partial charge in [0.15, 0.2) is 17.2 Å². The summed E-state index contributed by atoms with van der Waals surface area (Å²) in [5, 5.41) is 11.0. The molecule has 0 amide bonds. The first-order chi connectivity index (χ1) is 12.8. The van der Waals surface area contributed by atoms with Crippen LogP contribution in [0.5, 0.6) is 0 Å². The smallest absolute Gasteiger partial charge is 0.196 e. The van der Waals surface area contributed by atoms with Crippen LogP contribution in [0.15, 0.2) is 18.2 Å². The number of thiazole rings is 1. The summed E-state index contributed by atoms with van der Waals surface area (Å²) in [6.45, 7) is 4.85. The SMILES string of the molecule is CC(C)Cc1sc(N(CCO)CCC(=O)C=O)nc1-c1ccc(Cl)c(Cl)c1. The molecular formula is C19H22Cl2N2O3S. The zero-order chi connectivity index (χ0) is 20.0. The van der Waals surface area contributed by atoms with Crippen LogP contribution >= 0.6 is 34.5 Å². The van der Waals surface area contributed by atoms with Crippen LogP contribution in [-0.2, 0) is 16.0 Å². The summed E-state index contributed by atoms with van der Waals surface area (Å²) < 4.78 is 0. The molecule has 2 rings (SSSR count). The third kappa shape index (κ3) is 6.01. The highest BCUT2D eigenvalue weighted by molar-refractivity contribution is 7.16. The van der Waals surface area contributed by atoms with Crippen molar-refractivity contribution in [3.63, 3.8) is 0 Å². The Morgan fingerprint density at radius 1 is 1.30 bits per heavy atom. The standard InChI is InChI=1S/C19H22Cl2N2O3S/c1-12(2)9-17-18(13-3-4-15(20)16(21)10-13)22-19(27-17)23(7-8-24)6-5-14(26)11-25/h3-4,10-12,24H,5-9H2,1-2H3. The molecule has 0 aliphatic rings. The van der Waals surface area contributed by atoms with Crippen molar-refractivity contribution in [3.8, 4) is 11.3 Å². The number of hydrogen-bond donors (Lipinski definition) is 1. The quantitative estimate of drug-likeness (QED) is 0.451. The van der Waals surface area contributed by atoms with E-state index in [2.05, 4.69) is 13.8 Å². The Morgan fingerprint density at radius 2 is 2.04 bits per heavy atom. The fourth-order valence-corrected chi connectivity index (χ4v) is 4.22. The Hall–Kier alpha value is -1.47. The van der Waals surface area contributed by atoms with Gasteiger partial charge in [-0.1, -0.05) is 43.1 Å². The molecule has 27 heavy (non-hydrogen) atoms. The zero-order valence-electron chi connectivity index (χ0n) is 15.2. The Kier molecular flexibility index (Phi) is 8.23. The van der Waals surface area contributed by atoms with E-state index in [0.29, 0.717) is 40.5 Å². The van der Waals surface area contributed by atoms with Gasteiger partial charge in [-0.05, 0) is 24.5 Å². The van der Waals surface area contributed by atoms with Crippen molar-refractivity contribution in [2.75, 3.05) is 24.6 Å². The Morgan fingerprint density at radius 3 is 2.63 bits per heavy atom. The van der Waals surface area contributed by atoms with Crippen molar-refractivity contribution in [1.82, 2.24) is 4.98 Å². The van der Waals surface area contributed by atoms with Crippen LogP contribution in [0.3, 0.4) is 0 Å². The van der Waals surface area contributed by atoms with Crippen molar-refractivity contribution in [1.29, 1.82) is 0 Å². The van der Waals surface area contributed by atoms with Gasteiger partial charge < -0.3 is 10.0 Å². The molecule has 2 aromatic rings. The summed E-state index contributed by atoms with van der Waals surface area (Å²) >= 11 is 13.7. The van der Waals surface area contributed by atoms with Crippen LogP contribution in [0.1, 0.15) is 25.1 Å². The van der Waals surface area contributed by atoms with Gasteiger partial charge in [-0.2, -0.15) is 0 Å². The second-order valence-electron chi connectivity index (χ2n) is 6.54. The normalized spacial score (nSPS) is 11.0. The molecule has 0 aliphatic carbocycles. The molecule has 146 valence electrons. The number of benzene rings is 1. The minimum Gasteiger partial charge on any atom is -0.395 e. The van der Waals surface area contributed by atoms with Crippen LogP contribution < -0.4 is 4.90 Å². The number of halogens is 2. The third-order valence-electron chi connectivity index (χ3n) is 3.87. The number of rotatable bonds is 10. The minimum absolute atomic E-state index is 0.0729. The molecule has 0 bridgehead atoms. The number of nitrogens with zero attached hydrogens (tertiary/aromatic N) is 2. The average molecular weight is 429 g/mol. The van der Waals surface area contributed by atoms with Gasteiger partial charge in [0, 0.05) is 30.0 Å². The molecule has 0 unspecified atom stereocenters. The van der Waals surface area contributed by atoms with Crippen molar-refractivity contribution in [2.24, 2.45) is 5.92 Å². The predicted molar refractivity (Wildman–Crippen MR) is 111 cm³/mol. The van der Waals surface area contributed by atoms with Gasteiger partial charge in [-0.3, -0.25) is 9.59 Å². The third-order valence-corrected chi connectivity index (χ3v) is 5.75. The van der Waals surface area contributed by atoms with Crippen molar-refractivity contribution in [3.05, 3.63) is 33.1 Å². The number of aliphatic hydroxyl groups is 1. The highest BCUT2D eigenvalue weighted by Gasteiger charge is 2.19. The molecule has 8 heteroatoms. The summed E-state index contributed by atoms with van der Waals surface area (Å²) in [4.78, 5) is 29.6. The highest BCUT2D eigenvalue weighted by Crippen LogP contribution is 2.37. The van der Waals surface area contributed by atoms with Gasteiger partial charge in [0.2, 0.25) is 0 Å².